The second kappa shape index (κ2) is 7.44. The topological polar surface area (TPSA) is 62.6 Å². The van der Waals surface area contributed by atoms with Crippen LogP contribution in [0.25, 0.3) is 5.69 Å². The molecule has 8 heteroatoms. The molecule has 2 aromatic rings. The summed E-state index contributed by atoms with van der Waals surface area (Å²) in [4.78, 5) is 14.7. The lowest BCUT2D eigenvalue weighted by atomic mass is 10.2. The van der Waals surface area contributed by atoms with E-state index in [2.05, 4.69) is 0 Å². The number of aromatic nitrogens is 1. The van der Waals surface area contributed by atoms with E-state index in [1.165, 1.54) is 16.4 Å². The molecule has 0 spiro atoms. The minimum atomic E-state index is -3.22. The van der Waals surface area contributed by atoms with E-state index in [0.717, 1.165) is 17.1 Å². The standard InChI is InChI=1S/C19H24FN3O3S/c1-4-27(25,26)22-11-9-21(10-12-22)19(24)18-13-14(2)23(15(18)3)17-7-5-16(20)6-8-17/h5-8,13H,4,9-12H2,1-3H3. The first-order valence-electron chi connectivity index (χ1n) is 8.96. The van der Waals surface area contributed by atoms with E-state index in [9.17, 15) is 17.6 Å². The van der Waals surface area contributed by atoms with Crippen molar-refractivity contribution in [2.75, 3.05) is 31.9 Å². The van der Waals surface area contributed by atoms with E-state index < -0.39 is 10.0 Å². The lowest BCUT2D eigenvalue weighted by Gasteiger charge is -2.33. The Balaban J connectivity index is 1.81. The molecule has 3 rings (SSSR count). The molecule has 0 bridgehead atoms. The first-order chi connectivity index (χ1) is 12.7. The van der Waals surface area contributed by atoms with Crippen molar-refractivity contribution in [1.82, 2.24) is 13.8 Å². The van der Waals surface area contributed by atoms with Crippen LogP contribution in [0.5, 0.6) is 0 Å². The predicted molar refractivity (Wildman–Crippen MR) is 102 cm³/mol. The van der Waals surface area contributed by atoms with Crippen LogP contribution >= 0.6 is 0 Å². The maximum absolute atomic E-state index is 13.2. The largest absolute Gasteiger partial charge is 0.336 e. The SMILES string of the molecule is CCS(=O)(=O)N1CCN(C(=O)c2cc(C)n(-c3ccc(F)cc3)c2C)CC1. The zero-order valence-corrected chi connectivity index (χ0v) is 16.6. The molecule has 0 N–H and O–H groups in total. The van der Waals surface area contributed by atoms with Crippen LogP contribution in [0.15, 0.2) is 30.3 Å². The third-order valence-corrected chi connectivity index (χ3v) is 6.91. The number of rotatable bonds is 4. The quantitative estimate of drug-likeness (QED) is 0.801. The molecule has 1 aliphatic rings. The van der Waals surface area contributed by atoms with Crippen LogP contribution in [0.2, 0.25) is 0 Å². The maximum atomic E-state index is 13.2. The van der Waals surface area contributed by atoms with E-state index in [1.54, 1.807) is 24.0 Å². The summed E-state index contributed by atoms with van der Waals surface area (Å²) in [6.07, 6.45) is 0. The Labute approximate surface area is 159 Å². The van der Waals surface area contributed by atoms with Gasteiger partial charge in [0.1, 0.15) is 5.82 Å². The van der Waals surface area contributed by atoms with Crippen LogP contribution in [-0.4, -0.2) is 60.0 Å². The molecule has 0 atom stereocenters. The average molecular weight is 393 g/mol. The van der Waals surface area contributed by atoms with Gasteiger partial charge in [-0.3, -0.25) is 4.79 Å². The van der Waals surface area contributed by atoms with Crippen molar-refractivity contribution in [3.05, 3.63) is 53.1 Å². The highest BCUT2D eigenvalue weighted by Crippen LogP contribution is 2.23. The molecule has 0 aliphatic carbocycles. The van der Waals surface area contributed by atoms with Crippen LogP contribution in [0, 0.1) is 19.7 Å². The Hall–Kier alpha value is -2.19. The first kappa shape index (κ1) is 19.6. The Morgan fingerprint density at radius 3 is 2.22 bits per heavy atom. The predicted octanol–water partition coefficient (Wildman–Crippen LogP) is 2.34. The molecule has 0 unspecified atom stereocenters. The van der Waals surface area contributed by atoms with Gasteiger partial charge in [0.2, 0.25) is 10.0 Å². The number of carbonyl (C=O) groups is 1. The first-order valence-corrected chi connectivity index (χ1v) is 10.6. The fourth-order valence-corrected chi connectivity index (χ4v) is 4.57. The fraction of sp³-hybridized carbons (Fsp3) is 0.421. The third-order valence-electron chi connectivity index (χ3n) is 5.03. The minimum absolute atomic E-state index is 0.0692. The van der Waals surface area contributed by atoms with Crippen molar-refractivity contribution in [1.29, 1.82) is 0 Å². The normalized spacial score (nSPS) is 15.9. The number of benzene rings is 1. The van der Waals surface area contributed by atoms with Crippen molar-refractivity contribution < 1.29 is 17.6 Å². The van der Waals surface area contributed by atoms with Gasteiger partial charge in [-0.1, -0.05) is 0 Å². The molecule has 1 aromatic carbocycles. The molecule has 2 heterocycles. The van der Waals surface area contributed by atoms with Gasteiger partial charge in [-0.05, 0) is 51.1 Å². The lowest BCUT2D eigenvalue weighted by molar-refractivity contribution is 0.0697. The molecular weight excluding hydrogens is 369 g/mol. The van der Waals surface area contributed by atoms with Gasteiger partial charge in [-0.25, -0.2) is 12.8 Å². The van der Waals surface area contributed by atoms with Crippen LogP contribution in [0.4, 0.5) is 4.39 Å². The molecule has 1 aliphatic heterocycles. The van der Waals surface area contributed by atoms with Gasteiger partial charge < -0.3 is 9.47 Å². The van der Waals surface area contributed by atoms with Crippen molar-refractivity contribution in [2.45, 2.75) is 20.8 Å². The Morgan fingerprint density at radius 2 is 1.67 bits per heavy atom. The minimum Gasteiger partial charge on any atom is -0.336 e. The van der Waals surface area contributed by atoms with Crippen LogP contribution < -0.4 is 0 Å². The Kier molecular flexibility index (Phi) is 5.39. The average Bonchev–Trinajstić information content (AvgIpc) is 2.96. The summed E-state index contributed by atoms with van der Waals surface area (Å²) in [5, 5.41) is 0. The van der Waals surface area contributed by atoms with Gasteiger partial charge in [0, 0.05) is 43.3 Å². The Bertz CT molecular complexity index is 943. The molecule has 0 saturated carbocycles. The second-order valence-electron chi connectivity index (χ2n) is 6.69. The highest BCUT2D eigenvalue weighted by atomic mass is 32.2. The zero-order chi connectivity index (χ0) is 19.8. The smallest absolute Gasteiger partial charge is 0.255 e. The van der Waals surface area contributed by atoms with Crippen molar-refractivity contribution >= 4 is 15.9 Å². The molecule has 146 valence electrons. The fourth-order valence-electron chi connectivity index (χ4n) is 3.49. The molecule has 6 nitrogen and oxygen atoms in total. The number of amides is 1. The lowest BCUT2D eigenvalue weighted by Crippen LogP contribution is -2.50. The summed E-state index contributed by atoms with van der Waals surface area (Å²) >= 11 is 0. The number of sulfonamides is 1. The number of aryl methyl sites for hydroxylation is 1. The zero-order valence-electron chi connectivity index (χ0n) is 15.8. The number of hydrogen-bond donors (Lipinski definition) is 0. The van der Waals surface area contributed by atoms with E-state index in [-0.39, 0.29) is 17.5 Å². The number of halogens is 1. The third kappa shape index (κ3) is 3.77. The molecular formula is C19H24FN3O3S. The number of nitrogens with zero attached hydrogens (tertiary/aromatic N) is 3. The molecule has 1 saturated heterocycles. The summed E-state index contributed by atoms with van der Waals surface area (Å²) in [7, 11) is -3.22. The molecule has 1 fully saturated rings. The van der Waals surface area contributed by atoms with E-state index >= 15 is 0 Å². The molecule has 0 radical (unpaired) electrons. The van der Waals surface area contributed by atoms with Crippen molar-refractivity contribution in [3.8, 4) is 5.69 Å². The van der Waals surface area contributed by atoms with Gasteiger partial charge in [0.25, 0.3) is 5.91 Å². The summed E-state index contributed by atoms with van der Waals surface area (Å²) < 4.78 is 40.5. The summed E-state index contributed by atoms with van der Waals surface area (Å²) in [5.74, 6) is -0.345. The number of carbonyl (C=O) groups excluding carboxylic acids is 1. The Morgan fingerprint density at radius 1 is 1.07 bits per heavy atom. The van der Waals surface area contributed by atoms with E-state index in [1.807, 2.05) is 24.5 Å². The van der Waals surface area contributed by atoms with Crippen LogP contribution in [-0.2, 0) is 10.0 Å². The van der Waals surface area contributed by atoms with E-state index in [4.69, 9.17) is 0 Å². The molecule has 27 heavy (non-hydrogen) atoms. The summed E-state index contributed by atoms with van der Waals surface area (Å²) in [6, 6.07) is 7.97. The number of hydrogen-bond acceptors (Lipinski definition) is 3. The van der Waals surface area contributed by atoms with Crippen LogP contribution in [0.1, 0.15) is 28.7 Å². The summed E-state index contributed by atoms with van der Waals surface area (Å²) in [5.41, 5.74) is 3.05. The molecule has 1 aromatic heterocycles. The number of piperazine rings is 1. The second-order valence-corrected chi connectivity index (χ2v) is 8.95. The van der Waals surface area contributed by atoms with E-state index in [0.29, 0.717) is 31.7 Å². The monoisotopic (exact) mass is 393 g/mol. The van der Waals surface area contributed by atoms with Gasteiger partial charge in [-0.15, -0.1) is 0 Å². The highest BCUT2D eigenvalue weighted by Gasteiger charge is 2.29. The van der Waals surface area contributed by atoms with Gasteiger partial charge in [-0.2, -0.15) is 4.31 Å². The maximum Gasteiger partial charge on any atom is 0.255 e. The van der Waals surface area contributed by atoms with Crippen LogP contribution in [0.3, 0.4) is 0 Å². The molecule has 1 amide bonds. The van der Waals surface area contributed by atoms with Crippen molar-refractivity contribution in [3.63, 3.8) is 0 Å². The summed E-state index contributed by atoms with van der Waals surface area (Å²) in [6.45, 7) is 6.77. The van der Waals surface area contributed by atoms with Crippen molar-refractivity contribution in [2.24, 2.45) is 0 Å². The van der Waals surface area contributed by atoms with Gasteiger partial charge in [0.15, 0.2) is 0 Å². The van der Waals surface area contributed by atoms with Gasteiger partial charge in [0.05, 0.1) is 11.3 Å². The highest BCUT2D eigenvalue weighted by molar-refractivity contribution is 7.89. The van der Waals surface area contributed by atoms with Gasteiger partial charge >= 0.3 is 0 Å².